The van der Waals surface area contributed by atoms with Gasteiger partial charge in [0.2, 0.25) is 5.91 Å². The summed E-state index contributed by atoms with van der Waals surface area (Å²) < 4.78 is 35.3. The lowest BCUT2D eigenvalue weighted by atomic mass is 10.0. The molecular formula is C22H21Cl3F3N3O2. The van der Waals surface area contributed by atoms with E-state index in [0.717, 1.165) is 16.7 Å². The van der Waals surface area contributed by atoms with Crippen molar-refractivity contribution in [2.24, 2.45) is 5.92 Å². The minimum absolute atomic E-state index is 0.0290. The Kier molecular flexibility index (Phi) is 7.53. The maximum Gasteiger partial charge on any atom is 0.390 e. The monoisotopic (exact) mass is 521 g/mol. The van der Waals surface area contributed by atoms with E-state index in [-0.39, 0.29) is 16.3 Å². The highest BCUT2D eigenvalue weighted by atomic mass is 35.5. The smallest absolute Gasteiger partial charge is 0.326 e. The van der Waals surface area contributed by atoms with E-state index in [9.17, 15) is 22.8 Å². The first-order valence-corrected chi connectivity index (χ1v) is 11.1. The van der Waals surface area contributed by atoms with Crippen molar-refractivity contribution in [2.45, 2.75) is 36.7 Å². The summed E-state index contributed by atoms with van der Waals surface area (Å²) in [7, 11) is 0. The largest absolute Gasteiger partial charge is 0.390 e. The van der Waals surface area contributed by atoms with Crippen LogP contribution in [0.15, 0.2) is 36.4 Å². The molecule has 0 spiro atoms. The van der Waals surface area contributed by atoms with Gasteiger partial charge in [-0.1, -0.05) is 40.9 Å². The molecule has 2 aromatic carbocycles. The van der Waals surface area contributed by atoms with Gasteiger partial charge in [0.15, 0.2) is 0 Å². The number of hydrogen-bond donors (Lipinski definition) is 3. The van der Waals surface area contributed by atoms with Crippen LogP contribution in [0.1, 0.15) is 39.4 Å². The lowest BCUT2D eigenvalue weighted by Gasteiger charge is -2.12. The minimum atomic E-state index is -4.35. The Morgan fingerprint density at radius 3 is 2.30 bits per heavy atom. The fraction of sp³-hybridized carbons (Fsp3) is 0.364. The van der Waals surface area contributed by atoms with Gasteiger partial charge in [-0.2, -0.15) is 13.2 Å². The predicted molar refractivity (Wildman–Crippen MR) is 123 cm³/mol. The third kappa shape index (κ3) is 6.32. The average molecular weight is 523 g/mol. The summed E-state index contributed by atoms with van der Waals surface area (Å²) in [6.45, 7) is 3.38. The number of hydrogen-bond acceptors (Lipinski definition) is 3. The SMILES string of the molecule is Cc1cc(C)cc(C2C(C(=O)Nc3ccc(Cl)c(C(=O)NNCCC(F)(F)F)c3)C2(Cl)Cl)c1. The average Bonchev–Trinajstić information content (AvgIpc) is 3.27. The van der Waals surface area contributed by atoms with Crippen LogP contribution in [0, 0.1) is 19.8 Å². The number of carbonyl (C=O) groups excluding carboxylic acids is 2. The van der Waals surface area contributed by atoms with Crippen LogP contribution in [-0.4, -0.2) is 28.9 Å². The van der Waals surface area contributed by atoms with Crippen molar-refractivity contribution in [1.29, 1.82) is 0 Å². The Labute approximate surface area is 203 Å². The molecule has 1 fully saturated rings. The van der Waals surface area contributed by atoms with Crippen molar-refractivity contribution >= 4 is 52.3 Å². The van der Waals surface area contributed by atoms with E-state index in [2.05, 4.69) is 16.2 Å². The summed E-state index contributed by atoms with van der Waals surface area (Å²) in [4.78, 5) is 25.2. The molecular weight excluding hydrogens is 502 g/mol. The fourth-order valence-corrected chi connectivity index (χ4v) is 4.70. The molecule has 5 nitrogen and oxygen atoms in total. The van der Waals surface area contributed by atoms with Crippen LogP contribution < -0.4 is 16.2 Å². The zero-order valence-corrected chi connectivity index (χ0v) is 19.9. The van der Waals surface area contributed by atoms with Crippen molar-refractivity contribution in [3.8, 4) is 0 Å². The van der Waals surface area contributed by atoms with E-state index >= 15 is 0 Å². The Balaban J connectivity index is 1.67. The highest BCUT2D eigenvalue weighted by Gasteiger charge is 2.67. The number of nitrogens with one attached hydrogen (secondary N) is 3. The van der Waals surface area contributed by atoms with Crippen molar-refractivity contribution in [2.75, 3.05) is 11.9 Å². The molecule has 2 atom stereocenters. The van der Waals surface area contributed by atoms with Gasteiger partial charge in [-0.15, -0.1) is 23.2 Å². The molecule has 1 aliphatic rings. The fourth-order valence-electron chi connectivity index (χ4n) is 3.67. The number of rotatable bonds is 7. The number of aryl methyl sites for hydroxylation is 2. The Bertz CT molecular complexity index is 1060. The number of benzene rings is 2. The maximum atomic E-state index is 12.9. The van der Waals surface area contributed by atoms with Gasteiger partial charge in [-0.25, -0.2) is 5.43 Å². The Morgan fingerprint density at radius 1 is 1.06 bits per heavy atom. The molecule has 3 N–H and O–H groups in total. The van der Waals surface area contributed by atoms with Gasteiger partial charge >= 0.3 is 6.18 Å². The molecule has 3 rings (SSSR count). The first kappa shape index (κ1) is 25.6. The molecule has 2 unspecified atom stereocenters. The second-order valence-electron chi connectivity index (χ2n) is 7.98. The van der Waals surface area contributed by atoms with E-state index in [1.165, 1.54) is 18.2 Å². The number of hydrazine groups is 1. The number of alkyl halides is 5. The molecule has 0 aliphatic heterocycles. The summed E-state index contributed by atoms with van der Waals surface area (Å²) >= 11 is 18.9. The van der Waals surface area contributed by atoms with E-state index < -0.39 is 47.1 Å². The highest BCUT2D eigenvalue weighted by molar-refractivity contribution is 6.53. The van der Waals surface area contributed by atoms with Crippen LogP contribution in [0.3, 0.4) is 0 Å². The minimum Gasteiger partial charge on any atom is -0.326 e. The predicted octanol–water partition coefficient (Wildman–Crippen LogP) is 5.67. The van der Waals surface area contributed by atoms with Gasteiger partial charge in [-0.05, 0) is 37.6 Å². The van der Waals surface area contributed by atoms with E-state index in [0.29, 0.717) is 0 Å². The molecule has 2 aromatic rings. The number of amides is 2. The molecule has 33 heavy (non-hydrogen) atoms. The Hall–Kier alpha value is -2.00. The lowest BCUT2D eigenvalue weighted by Crippen LogP contribution is -2.39. The van der Waals surface area contributed by atoms with Crippen molar-refractivity contribution in [3.05, 3.63) is 63.7 Å². The maximum absolute atomic E-state index is 12.9. The lowest BCUT2D eigenvalue weighted by molar-refractivity contribution is -0.133. The molecule has 0 heterocycles. The van der Waals surface area contributed by atoms with Crippen molar-refractivity contribution in [3.63, 3.8) is 0 Å². The van der Waals surface area contributed by atoms with E-state index in [1.54, 1.807) is 0 Å². The normalized spacial score (nSPS) is 19.2. The molecule has 1 saturated carbocycles. The second-order valence-corrected chi connectivity index (χ2v) is 9.83. The van der Waals surface area contributed by atoms with Crippen LogP contribution in [0.4, 0.5) is 18.9 Å². The topological polar surface area (TPSA) is 70.2 Å². The summed E-state index contributed by atoms with van der Waals surface area (Å²) in [6, 6.07) is 10.1. The van der Waals surface area contributed by atoms with Gasteiger partial charge in [0.25, 0.3) is 5.91 Å². The van der Waals surface area contributed by atoms with Crippen LogP contribution in [0.2, 0.25) is 5.02 Å². The molecule has 1 aliphatic carbocycles. The van der Waals surface area contributed by atoms with Crippen LogP contribution in [-0.2, 0) is 4.79 Å². The first-order chi connectivity index (χ1) is 15.3. The molecule has 0 bridgehead atoms. The molecule has 11 heteroatoms. The van der Waals surface area contributed by atoms with E-state index in [4.69, 9.17) is 34.8 Å². The third-order valence-corrected chi connectivity index (χ3v) is 6.42. The highest BCUT2D eigenvalue weighted by Crippen LogP contribution is 2.65. The summed E-state index contributed by atoms with van der Waals surface area (Å²) in [5.41, 5.74) is 7.50. The van der Waals surface area contributed by atoms with Crippen LogP contribution in [0.25, 0.3) is 0 Å². The summed E-state index contributed by atoms with van der Waals surface area (Å²) in [5.74, 6) is -2.28. The first-order valence-electron chi connectivity index (χ1n) is 9.96. The van der Waals surface area contributed by atoms with Gasteiger partial charge < -0.3 is 5.32 Å². The summed E-state index contributed by atoms with van der Waals surface area (Å²) in [5, 5.41) is 2.74. The molecule has 0 radical (unpaired) electrons. The third-order valence-electron chi connectivity index (χ3n) is 5.15. The molecule has 2 amide bonds. The van der Waals surface area contributed by atoms with Crippen molar-refractivity contribution < 1.29 is 22.8 Å². The summed E-state index contributed by atoms with van der Waals surface area (Å²) in [6.07, 6.45) is -5.46. The van der Waals surface area contributed by atoms with Gasteiger partial charge in [0.05, 0.1) is 22.9 Å². The number of halogens is 6. The number of carbonyl (C=O) groups is 2. The zero-order chi connectivity index (χ0) is 24.6. The Morgan fingerprint density at radius 2 is 1.70 bits per heavy atom. The molecule has 0 saturated heterocycles. The zero-order valence-electron chi connectivity index (χ0n) is 17.6. The van der Waals surface area contributed by atoms with Crippen molar-refractivity contribution in [1.82, 2.24) is 10.9 Å². The second kappa shape index (κ2) is 9.70. The van der Waals surface area contributed by atoms with Crippen LogP contribution >= 0.6 is 34.8 Å². The van der Waals surface area contributed by atoms with Gasteiger partial charge in [0, 0.05) is 18.2 Å². The standard InChI is InChI=1S/C22H21Cl3F3N3O2/c1-11-7-12(2)9-13(8-11)17-18(22(17,24)25)20(33)30-14-3-4-16(23)15(10-14)19(32)31-29-6-5-21(26,27)28/h3-4,7-10,17-18,29H,5-6H2,1-2H3,(H,30,33)(H,31,32). The molecule has 178 valence electrons. The number of anilines is 1. The molecule has 0 aromatic heterocycles. The van der Waals surface area contributed by atoms with Gasteiger partial charge in [0.1, 0.15) is 4.33 Å². The van der Waals surface area contributed by atoms with Crippen LogP contribution in [0.5, 0.6) is 0 Å². The quantitative estimate of drug-likeness (QED) is 0.249. The van der Waals surface area contributed by atoms with Gasteiger partial charge in [-0.3, -0.25) is 15.0 Å². The van der Waals surface area contributed by atoms with E-state index in [1.807, 2.05) is 32.0 Å².